The second kappa shape index (κ2) is 5.47. The number of hydrogen-bond donors (Lipinski definition) is 2. The smallest absolute Gasteiger partial charge is 0.0866 e. The molecule has 3 rings (SSSR count). The number of piperidine rings is 1. The van der Waals surface area contributed by atoms with Gasteiger partial charge in [0, 0.05) is 19.1 Å². The molecule has 2 aliphatic rings. The maximum absolute atomic E-state index is 11.2. The van der Waals surface area contributed by atoms with Crippen molar-refractivity contribution in [3.63, 3.8) is 0 Å². The molecule has 0 bridgehead atoms. The fourth-order valence-electron chi connectivity index (χ4n) is 3.70. The van der Waals surface area contributed by atoms with Gasteiger partial charge in [-0.05, 0) is 50.8 Å². The first-order valence-electron chi connectivity index (χ1n) is 7.88. The molecule has 2 heterocycles. The summed E-state index contributed by atoms with van der Waals surface area (Å²) in [5.74, 6) is 0. The van der Waals surface area contributed by atoms with Gasteiger partial charge in [0.2, 0.25) is 0 Å². The van der Waals surface area contributed by atoms with Gasteiger partial charge in [-0.1, -0.05) is 24.3 Å². The third-order valence-electron chi connectivity index (χ3n) is 5.04. The van der Waals surface area contributed by atoms with Gasteiger partial charge in [0.25, 0.3) is 0 Å². The first kappa shape index (κ1) is 14.1. The Bertz CT molecular complexity index is 464. The van der Waals surface area contributed by atoms with Crippen LogP contribution in [0, 0.1) is 0 Å². The average Bonchev–Trinajstić information content (AvgIpc) is 2.47. The molecule has 1 atom stereocenters. The summed E-state index contributed by atoms with van der Waals surface area (Å²) in [5.41, 5.74) is 2.11. The number of rotatable bonds is 2. The maximum atomic E-state index is 11.2. The van der Waals surface area contributed by atoms with Gasteiger partial charge in [0.15, 0.2) is 0 Å². The number of nitrogens with one attached hydrogen (secondary N) is 1. The molecule has 0 aromatic heterocycles. The zero-order chi connectivity index (χ0) is 14.2. The van der Waals surface area contributed by atoms with Crippen LogP contribution in [0.4, 0.5) is 0 Å². The van der Waals surface area contributed by atoms with E-state index in [-0.39, 0.29) is 6.04 Å². The Kier molecular flexibility index (Phi) is 3.85. The summed E-state index contributed by atoms with van der Waals surface area (Å²) in [6, 6.07) is 9.25. The van der Waals surface area contributed by atoms with E-state index in [1.807, 2.05) is 0 Å². The molecule has 1 unspecified atom stereocenters. The van der Waals surface area contributed by atoms with Crippen molar-refractivity contribution in [2.45, 2.75) is 50.8 Å². The van der Waals surface area contributed by atoms with Crippen LogP contribution in [0.5, 0.6) is 0 Å². The molecular weight excluding hydrogens is 248 g/mol. The first-order chi connectivity index (χ1) is 9.60. The SMILES string of the molecule is CC(C)N1CCC(O)(C2NCCc3ccccc32)CC1. The monoisotopic (exact) mass is 274 g/mol. The van der Waals surface area contributed by atoms with Crippen LogP contribution >= 0.6 is 0 Å². The molecule has 20 heavy (non-hydrogen) atoms. The molecule has 0 amide bonds. The zero-order valence-corrected chi connectivity index (χ0v) is 12.6. The molecule has 1 saturated heterocycles. The molecule has 0 spiro atoms. The Labute approximate surface area is 122 Å². The quantitative estimate of drug-likeness (QED) is 0.867. The minimum atomic E-state index is -0.595. The highest BCUT2D eigenvalue weighted by atomic mass is 16.3. The molecule has 110 valence electrons. The van der Waals surface area contributed by atoms with Crippen molar-refractivity contribution in [2.24, 2.45) is 0 Å². The molecule has 0 radical (unpaired) electrons. The van der Waals surface area contributed by atoms with Crippen LogP contribution in [-0.4, -0.2) is 41.3 Å². The van der Waals surface area contributed by atoms with E-state index in [0.29, 0.717) is 6.04 Å². The van der Waals surface area contributed by atoms with Crippen LogP contribution in [-0.2, 0) is 6.42 Å². The number of nitrogens with zero attached hydrogens (tertiary/aromatic N) is 1. The van der Waals surface area contributed by atoms with Gasteiger partial charge in [-0.25, -0.2) is 0 Å². The number of aliphatic hydroxyl groups is 1. The second-order valence-electron chi connectivity index (χ2n) is 6.57. The van der Waals surface area contributed by atoms with E-state index < -0.39 is 5.60 Å². The lowest BCUT2D eigenvalue weighted by Gasteiger charge is -2.46. The normalized spacial score (nSPS) is 26.5. The van der Waals surface area contributed by atoms with Crippen LogP contribution in [0.25, 0.3) is 0 Å². The molecule has 2 N–H and O–H groups in total. The van der Waals surface area contributed by atoms with Gasteiger partial charge in [0.1, 0.15) is 0 Å². The lowest BCUT2D eigenvalue weighted by Crippen LogP contribution is -2.54. The molecule has 2 aliphatic heterocycles. The second-order valence-corrected chi connectivity index (χ2v) is 6.57. The largest absolute Gasteiger partial charge is 0.388 e. The minimum Gasteiger partial charge on any atom is -0.388 e. The van der Waals surface area contributed by atoms with Crippen LogP contribution in [0.1, 0.15) is 43.9 Å². The van der Waals surface area contributed by atoms with Crippen LogP contribution in [0.2, 0.25) is 0 Å². The molecule has 0 saturated carbocycles. The van der Waals surface area contributed by atoms with Crippen molar-refractivity contribution in [2.75, 3.05) is 19.6 Å². The molecule has 0 aliphatic carbocycles. The summed E-state index contributed by atoms with van der Waals surface area (Å²) < 4.78 is 0. The number of likely N-dealkylation sites (tertiary alicyclic amines) is 1. The van der Waals surface area contributed by atoms with E-state index in [1.165, 1.54) is 11.1 Å². The fraction of sp³-hybridized carbons (Fsp3) is 0.647. The Hall–Kier alpha value is -0.900. The van der Waals surface area contributed by atoms with Gasteiger partial charge in [-0.15, -0.1) is 0 Å². The van der Waals surface area contributed by atoms with Gasteiger partial charge >= 0.3 is 0 Å². The molecule has 1 aromatic carbocycles. The Balaban J connectivity index is 1.80. The van der Waals surface area contributed by atoms with Crippen molar-refractivity contribution in [1.82, 2.24) is 10.2 Å². The van der Waals surface area contributed by atoms with E-state index >= 15 is 0 Å². The molecule has 1 fully saturated rings. The van der Waals surface area contributed by atoms with Crippen LogP contribution in [0.3, 0.4) is 0 Å². The zero-order valence-electron chi connectivity index (χ0n) is 12.6. The number of hydrogen-bond acceptors (Lipinski definition) is 3. The van der Waals surface area contributed by atoms with Gasteiger partial charge in [-0.2, -0.15) is 0 Å². The van der Waals surface area contributed by atoms with Crippen molar-refractivity contribution < 1.29 is 5.11 Å². The molecular formula is C17H26N2O. The summed E-state index contributed by atoms with van der Waals surface area (Å²) in [7, 11) is 0. The van der Waals surface area contributed by atoms with E-state index in [0.717, 1.165) is 38.9 Å². The molecule has 1 aromatic rings. The van der Waals surface area contributed by atoms with Crippen molar-refractivity contribution in [3.05, 3.63) is 35.4 Å². The van der Waals surface area contributed by atoms with E-state index in [4.69, 9.17) is 0 Å². The molecule has 3 nitrogen and oxygen atoms in total. The lowest BCUT2D eigenvalue weighted by molar-refractivity contribution is -0.0578. The average molecular weight is 274 g/mol. The maximum Gasteiger partial charge on any atom is 0.0866 e. The Morgan fingerprint density at radius 1 is 1.25 bits per heavy atom. The highest BCUT2D eigenvalue weighted by Gasteiger charge is 2.42. The van der Waals surface area contributed by atoms with E-state index in [2.05, 4.69) is 48.3 Å². The highest BCUT2D eigenvalue weighted by molar-refractivity contribution is 5.34. The number of benzene rings is 1. The van der Waals surface area contributed by atoms with E-state index in [1.54, 1.807) is 0 Å². The lowest BCUT2D eigenvalue weighted by atomic mass is 9.77. The topological polar surface area (TPSA) is 35.5 Å². The Morgan fingerprint density at radius 3 is 2.65 bits per heavy atom. The summed E-state index contributed by atoms with van der Waals surface area (Å²) in [4.78, 5) is 2.46. The summed E-state index contributed by atoms with van der Waals surface area (Å²) in [5, 5.41) is 14.7. The Morgan fingerprint density at radius 2 is 1.95 bits per heavy atom. The first-order valence-corrected chi connectivity index (χ1v) is 7.88. The summed E-state index contributed by atoms with van der Waals surface area (Å²) in [6.45, 7) is 7.43. The summed E-state index contributed by atoms with van der Waals surface area (Å²) in [6.07, 6.45) is 2.79. The van der Waals surface area contributed by atoms with Crippen LogP contribution < -0.4 is 5.32 Å². The van der Waals surface area contributed by atoms with Crippen molar-refractivity contribution in [1.29, 1.82) is 0 Å². The van der Waals surface area contributed by atoms with Crippen molar-refractivity contribution >= 4 is 0 Å². The fourth-order valence-corrected chi connectivity index (χ4v) is 3.70. The standard InChI is InChI=1S/C17H26N2O/c1-13(2)19-11-8-17(20,9-12-19)16-15-6-4-3-5-14(15)7-10-18-16/h3-6,13,16,18,20H,7-12H2,1-2H3. The summed E-state index contributed by atoms with van der Waals surface area (Å²) >= 11 is 0. The minimum absolute atomic E-state index is 0.0989. The van der Waals surface area contributed by atoms with Gasteiger partial charge in [0.05, 0.1) is 11.6 Å². The van der Waals surface area contributed by atoms with Gasteiger partial charge in [-0.3, -0.25) is 0 Å². The number of fused-ring (bicyclic) bond motifs is 1. The van der Waals surface area contributed by atoms with Crippen molar-refractivity contribution in [3.8, 4) is 0 Å². The van der Waals surface area contributed by atoms with E-state index in [9.17, 15) is 5.11 Å². The predicted molar refractivity (Wildman–Crippen MR) is 81.8 cm³/mol. The predicted octanol–water partition coefficient (Wildman–Crippen LogP) is 2.11. The highest BCUT2D eigenvalue weighted by Crippen LogP contribution is 2.38. The third kappa shape index (κ3) is 2.50. The molecule has 3 heteroatoms. The third-order valence-corrected chi connectivity index (χ3v) is 5.04. The van der Waals surface area contributed by atoms with Crippen LogP contribution in [0.15, 0.2) is 24.3 Å². The van der Waals surface area contributed by atoms with Gasteiger partial charge < -0.3 is 15.3 Å².